The van der Waals surface area contributed by atoms with Gasteiger partial charge in [0.25, 0.3) is 0 Å². The Hall–Kier alpha value is -1.71. The van der Waals surface area contributed by atoms with Crippen LogP contribution in [-0.2, 0) is 9.53 Å². The Bertz CT molecular complexity index is 490. The van der Waals surface area contributed by atoms with Crippen molar-refractivity contribution in [3.8, 4) is 0 Å². The van der Waals surface area contributed by atoms with Gasteiger partial charge in [0.15, 0.2) is 5.78 Å². The molecule has 1 aromatic carbocycles. The van der Waals surface area contributed by atoms with Gasteiger partial charge in [0, 0.05) is 20.0 Å². The van der Waals surface area contributed by atoms with Gasteiger partial charge < -0.3 is 9.84 Å². The van der Waals surface area contributed by atoms with Crippen LogP contribution < -0.4 is 0 Å². The van der Waals surface area contributed by atoms with Crippen molar-refractivity contribution in [3.05, 3.63) is 54.1 Å². The molecular weight excluding hydrogens is 240 g/mol. The van der Waals surface area contributed by atoms with Crippen LogP contribution in [0.1, 0.15) is 18.4 Å². The van der Waals surface area contributed by atoms with Gasteiger partial charge in [-0.2, -0.15) is 0 Å². The lowest BCUT2D eigenvalue weighted by Crippen LogP contribution is -2.41. The van der Waals surface area contributed by atoms with E-state index in [0.717, 1.165) is 5.56 Å². The molecule has 0 saturated carbocycles. The Morgan fingerprint density at radius 1 is 1.37 bits per heavy atom. The molecule has 0 spiro atoms. The van der Waals surface area contributed by atoms with Crippen LogP contribution in [0.2, 0.25) is 0 Å². The third kappa shape index (κ3) is 3.40. The number of ether oxygens (including phenoxy) is 1. The third-order valence-electron chi connectivity index (χ3n) is 3.34. The first-order valence-corrected chi connectivity index (χ1v) is 6.33. The van der Waals surface area contributed by atoms with E-state index in [0.29, 0.717) is 6.42 Å². The molecule has 0 unspecified atom stereocenters. The van der Waals surface area contributed by atoms with Crippen LogP contribution in [-0.4, -0.2) is 29.7 Å². The molecule has 0 heterocycles. The highest BCUT2D eigenvalue weighted by molar-refractivity contribution is 5.90. The van der Waals surface area contributed by atoms with Crippen molar-refractivity contribution in [1.29, 1.82) is 0 Å². The molecule has 0 fully saturated rings. The quantitative estimate of drug-likeness (QED) is 0.905. The van der Waals surface area contributed by atoms with E-state index in [1.165, 1.54) is 13.2 Å². The molecule has 3 nitrogen and oxygen atoms in total. The lowest BCUT2D eigenvalue weighted by molar-refractivity contribution is -0.121. The fourth-order valence-corrected chi connectivity index (χ4v) is 2.21. The van der Waals surface area contributed by atoms with Crippen molar-refractivity contribution >= 4 is 11.9 Å². The zero-order chi connectivity index (χ0) is 13.7. The molecule has 19 heavy (non-hydrogen) atoms. The summed E-state index contributed by atoms with van der Waals surface area (Å²) in [6.07, 6.45) is 6.85. The molecule has 2 rings (SSSR count). The molecule has 3 heteroatoms. The predicted molar refractivity (Wildman–Crippen MR) is 74.6 cm³/mol. The van der Waals surface area contributed by atoms with Crippen LogP contribution in [0.4, 0.5) is 0 Å². The van der Waals surface area contributed by atoms with Crippen molar-refractivity contribution in [2.45, 2.75) is 24.5 Å². The molecule has 0 radical (unpaired) electrons. The van der Waals surface area contributed by atoms with Gasteiger partial charge in [-0.25, -0.2) is 0 Å². The summed E-state index contributed by atoms with van der Waals surface area (Å²) in [7, 11) is 1.52. The lowest BCUT2D eigenvalue weighted by Gasteiger charge is -2.30. The second kappa shape index (κ2) is 5.95. The van der Waals surface area contributed by atoms with Crippen molar-refractivity contribution in [2.75, 3.05) is 7.11 Å². The van der Waals surface area contributed by atoms with Gasteiger partial charge in [-0.3, -0.25) is 4.79 Å². The first kappa shape index (κ1) is 13.7. The van der Waals surface area contributed by atoms with Crippen LogP contribution in [0, 0.1) is 0 Å². The Morgan fingerprint density at radius 3 is 2.79 bits per heavy atom. The molecule has 0 aliphatic heterocycles. The second-order valence-corrected chi connectivity index (χ2v) is 4.74. The summed E-state index contributed by atoms with van der Waals surface area (Å²) in [5, 5.41) is 10.7. The SMILES string of the molecule is CO[C@H]1CC(=O)C=CC[C@]1(O)/C=C\c1ccccc1. The maximum absolute atomic E-state index is 11.5. The van der Waals surface area contributed by atoms with Gasteiger partial charge in [-0.05, 0) is 17.7 Å². The van der Waals surface area contributed by atoms with Crippen molar-refractivity contribution in [3.63, 3.8) is 0 Å². The first-order valence-electron chi connectivity index (χ1n) is 6.33. The van der Waals surface area contributed by atoms with Gasteiger partial charge in [0.2, 0.25) is 0 Å². The Morgan fingerprint density at radius 2 is 2.11 bits per heavy atom. The number of ketones is 1. The average Bonchev–Trinajstić information content (AvgIpc) is 2.57. The molecule has 100 valence electrons. The summed E-state index contributed by atoms with van der Waals surface area (Å²) in [5.41, 5.74) is -0.141. The number of allylic oxidation sites excluding steroid dienone is 1. The number of hydrogen-bond donors (Lipinski definition) is 1. The molecule has 0 saturated heterocycles. The topological polar surface area (TPSA) is 46.5 Å². The highest BCUT2D eigenvalue weighted by Gasteiger charge is 2.36. The highest BCUT2D eigenvalue weighted by atomic mass is 16.5. The lowest BCUT2D eigenvalue weighted by atomic mass is 9.90. The van der Waals surface area contributed by atoms with Gasteiger partial charge in [0.1, 0.15) is 5.60 Å². The summed E-state index contributed by atoms with van der Waals surface area (Å²) in [6, 6.07) is 9.73. The average molecular weight is 258 g/mol. The van der Waals surface area contributed by atoms with Gasteiger partial charge in [0.05, 0.1) is 6.10 Å². The number of methoxy groups -OCH3 is 1. The summed E-state index contributed by atoms with van der Waals surface area (Å²) in [6.45, 7) is 0. The van der Waals surface area contributed by atoms with E-state index < -0.39 is 11.7 Å². The van der Waals surface area contributed by atoms with Gasteiger partial charge in [-0.1, -0.05) is 42.5 Å². The van der Waals surface area contributed by atoms with E-state index in [-0.39, 0.29) is 12.2 Å². The molecule has 1 aliphatic carbocycles. The summed E-state index contributed by atoms with van der Waals surface area (Å²) >= 11 is 0. The molecular formula is C16H18O3. The molecule has 1 N–H and O–H groups in total. The fraction of sp³-hybridized carbons (Fsp3) is 0.312. The summed E-state index contributed by atoms with van der Waals surface area (Å²) < 4.78 is 5.28. The number of benzene rings is 1. The third-order valence-corrected chi connectivity index (χ3v) is 3.34. The first-order chi connectivity index (χ1) is 9.14. The molecule has 0 bridgehead atoms. The number of hydrogen-bond acceptors (Lipinski definition) is 3. The maximum Gasteiger partial charge on any atom is 0.158 e. The minimum Gasteiger partial charge on any atom is -0.383 e. The van der Waals surface area contributed by atoms with Crippen molar-refractivity contribution < 1.29 is 14.6 Å². The van der Waals surface area contributed by atoms with Gasteiger partial charge in [-0.15, -0.1) is 0 Å². The number of carbonyl (C=O) groups excluding carboxylic acids is 1. The monoisotopic (exact) mass is 258 g/mol. The van der Waals surface area contributed by atoms with Gasteiger partial charge >= 0.3 is 0 Å². The second-order valence-electron chi connectivity index (χ2n) is 4.74. The number of rotatable bonds is 3. The van der Waals surface area contributed by atoms with E-state index in [1.807, 2.05) is 36.4 Å². The van der Waals surface area contributed by atoms with E-state index in [2.05, 4.69) is 0 Å². The molecule has 1 aromatic rings. The normalized spacial score (nSPS) is 27.7. The zero-order valence-corrected chi connectivity index (χ0v) is 11.0. The number of carbonyl (C=O) groups is 1. The van der Waals surface area contributed by atoms with Crippen molar-refractivity contribution in [2.24, 2.45) is 0 Å². The van der Waals surface area contributed by atoms with E-state index in [4.69, 9.17) is 4.74 Å². The highest BCUT2D eigenvalue weighted by Crippen LogP contribution is 2.27. The minimum atomic E-state index is -1.15. The molecule has 2 atom stereocenters. The minimum absolute atomic E-state index is 0.0177. The van der Waals surface area contributed by atoms with Crippen LogP contribution in [0.15, 0.2) is 48.6 Å². The molecule has 0 aromatic heterocycles. The Labute approximate surface area is 113 Å². The van der Waals surface area contributed by atoms with E-state index >= 15 is 0 Å². The fourth-order valence-electron chi connectivity index (χ4n) is 2.21. The van der Waals surface area contributed by atoms with Crippen LogP contribution in [0.3, 0.4) is 0 Å². The zero-order valence-electron chi connectivity index (χ0n) is 11.0. The molecule has 0 amide bonds. The van der Waals surface area contributed by atoms with Crippen LogP contribution in [0.25, 0.3) is 6.08 Å². The maximum atomic E-state index is 11.5. The summed E-state index contributed by atoms with van der Waals surface area (Å²) in [4.78, 5) is 11.5. The standard InChI is InChI=1S/C16H18O3/c1-19-15-12-14(17)8-5-10-16(15,18)11-9-13-6-3-2-4-7-13/h2-9,11,15,18H,10,12H2,1H3/b11-9-/t15-,16-/m0/s1. The summed E-state index contributed by atoms with van der Waals surface area (Å²) in [5.74, 6) is -0.0177. The number of aliphatic hydroxyl groups is 1. The largest absolute Gasteiger partial charge is 0.383 e. The van der Waals surface area contributed by atoms with Crippen LogP contribution >= 0.6 is 0 Å². The van der Waals surface area contributed by atoms with Crippen LogP contribution in [0.5, 0.6) is 0 Å². The molecule has 1 aliphatic rings. The Balaban J connectivity index is 2.22. The Kier molecular flexibility index (Phi) is 4.30. The van der Waals surface area contributed by atoms with Crippen molar-refractivity contribution in [1.82, 2.24) is 0 Å². The smallest absolute Gasteiger partial charge is 0.158 e. The predicted octanol–water partition coefficient (Wildman–Crippen LogP) is 2.37. The van der Waals surface area contributed by atoms with E-state index in [1.54, 1.807) is 12.2 Å². The van der Waals surface area contributed by atoms with E-state index in [9.17, 15) is 9.90 Å².